The molecule has 1 heterocycles. The quantitative estimate of drug-likeness (QED) is 0.875. The van der Waals surface area contributed by atoms with Crippen LogP contribution < -0.4 is 5.32 Å². The number of amides is 1. The summed E-state index contributed by atoms with van der Waals surface area (Å²) in [5, 5.41) is 12.3. The van der Waals surface area contributed by atoms with Crippen LogP contribution in [0, 0.1) is 11.3 Å². The highest BCUT2D eigenvalue weighted by atomic mass is 16.5. The van der Waals surface area contributed by atoms with Crippen LogP contribution in [0.4, 0.5) is 4.79 Å². The molecule has 1 amide bonds. The highest BCUT2D eigenvalue weighted by Crippen LogP contribution is 2.54. The molecular formula is C19H25NO5. The zero-order chi connectivity index (χ0) is 18.1. The van der Waals surface area contributed by atoms with Gasteiger partial charge in [0.25, 0.3) is 0 Å². The van der Waals surface area contributed by atoms with E-state index in [4.69, 9.17) is 9.47 Å². The summed E-state index contributed by atoms with van der Waals surface area (Å²) in [6.45, 7) is 5.00. The van der Waals surface area contributed by atoms with Crippen LogP contribution in [0.3, 0.4) is 0 Å². The Morgan fingerprint density at radius 2 is 2.00 bits per heavy atom. The monoisotopic (exact) mass is 347 g/mol. The first kappa shape index (κ1) is 17.7. The molecule has 3 atom stereocenters. The van der Waals surface area contributed by atoms with Crippen LogP contribution in [-0.4, -0.2) is 35.4 Å². The van der Waals surface area contributed by atoms with Gasteiger partial charge in [0.1, 0.15) is 6.61 Å². The average molecular weight is 347 g/mol. The van der Waals surface area contributed by atoms with E-state index in [2.05, 4.69) is 19.2 Å². The van der Waals surface area contributed by atoms with Crippen molar-refractivity contribution in [1.29, 1.82) is 0 Å². The molecule has 1 saturated carbocycles. The molecule has 3 rings (SSSR count). The normalized spacial score (nSPS) is 30.3. The van der Waals surface area contributed by atoms with E-state index in [9.17, 15) is 14.7 Å². The van der Waals surface area contributed by atoms with Gasteiger partial charge in [-0.25, -0.2) is 4.79 Å². The number of rotatable bonds is 4. The van der Waals surface area contributed by atoms with E-state index in [1.807, 2.05) is 30.3 Å². The van der Waals surface area contributed by atoms with E-state index < -0.39 is 29.6 Å². The van der Waals surface area contributed by atoms with Gasteiger partial charge in [-0.2, -0.15) is 0 Å². The maximum absolute atomic E-state index is 12.1. The Morgan fingerprint density at radius 3 is 2.60 bits per heavy atom. The number of carboxylic acids is 1. The first-order valence-electron chi connectivity index (χ1n) is 8.67. The summed E-state index contributed by atoms with van der Waals surface area (Å²) in [7, 11) is 0. The van der Waals surface area contributed by atoms with Gasteiger partial charge in [-0.1, -0.05) is 44.2 Å². The highest BCUT2D eigenvalue weighted by Gasteiger charge is 2.59. The van der Waals surface area contributed by atoms with Crippen molar-refractivity contribution in [2.75, 3.05) is 6.61 Å². The minimum atomic E-state index is -0.906. The summed E-state index contributed by atoms with van der Waals surface area (Å²) in [5.74, 6) is -1.57. The van der Waals surface area contributed by atoms with Gasteiger partial charge >= 0.3 is 12.1 Å². The highest BCUT2D eigenvalue weighted by molar-refractivity contribution is 5.74. The number of hydrogen-bond acceptors (Lipinski definition) is 4. The van der Waals surface area contributed by atoms with Gasteiger partial charge in [0, 0.05) is 12.6 Å². The van der Waals surface area contributed by atoms with Gasteiger partial charge in [-0.05, 0) is 30.2 Å². The van der Waals surface area contributed by atoms with Crippen LogP contribution in [0.15, 0.2) is 30.3 Å². The lowest BCUT2D eigenvalue weighted by atomic mass is 9.73. The standard InChI is InChI=1S/C19H25NO5/c1-18(2)8-9-25-19(18)10-14(16(21)22)15(11-19)20-17(23)24-12-13-6-4-3-5-7-13/h3-7,14-15H,8-12H2,1-2H3,(H,20,23)(H,21,22)/t14-,15-,19-/m0/s1. The fourth-order valence-electron chi connectivity index (χ4n) is 4.00. The lowest BCUT2D eigenvalue weighted by Crippen LogP contribution is -2.42. The molecule has 1 saturated heterocycles. The molecule has 136 valence electrons. The number of benzene rings is 1. The second-order valence-corrected chi connectivity index (χ2v) is 7.64. The molecule has 1 aromatic rings. The van der Waals surface area contributed by atoms with Crippen LogP contribution >= 0.6 is 0 Å². The molecule has 2 fully saturated rings. The topological polar surface area (TPSA) is 84.9 Å². The third-order valence-corrected chi connectivity index (χ3v) is 5.76. The molecule has 6 nitrogen and oxygen atoms in total. The van der Waals surface area contributed by atoms with Gasteiger partial charge in [0.2, 0.25) is 0 Å². The fourth-order valence-corrected chi connectivity index (χ4v) is 4.00. The molecule has 1 aliphatic carbocycles. The van der Waals surface area contributed by atoms with Crippen LogP contribution in [0.5, 0.6) is 0 Å². The Kier molecular flexibility index (Phi) is 4.73. The Balaban J connectivity index is 1.64. The van der Waals surface area contributed by atoms with E-state index in [0.717, 1.165) is 12.0 Å². The summed E-state index contributed by atoms with van der Waals surface area (Å²) in [5.41, 5.74) is 0.286. The first-order valence-corrected chi connectivity index (χ1v) is 8.67. The zero-order valence-electron chi connectivity index (χ0n) is 14.7. The van der Waals surface area contributed by atoms with E-state index in [-0.39, 0.29) is 12.0 Å². The molecule has 0 unspecified atom stereocenters. The largest absolute Gasteiger partial charge is 0.481 e. The number of aliphatic carboxylic acids is 1. The van der Waals surface area contributed by atoms with Crippen LogP contribution in [0.1, 0.15) is 38.7 Å². The van der Waals surface area contributed by atoms with E-state index in [0.29, 0.717) is 19.4 Å². The van der Waals surface area contributed by atoms with Crippen molar-refractivity contribution in [3.8, 4) is 0 Å². The molecule has 6 heteroatoms. The molecule has 0 aromatic heterocycles. The van der Waals surface area contributed by atoms with Gasteiger partial charge in [0.05, 0.1) is 11.5 Å². The maximum Gasteiger partial charge on any atom is 0.407 e. The van der Waals surface area contributed by atoms with Gasteiger partial charge in [-0.3, -0.25) is 4.79 Å². The van der Waals surface area contributed by atoms with Crippen LogP contribution in [0.25, 0.3) is 0 Å². The Labute approximate surface area is 147 Å². The summed E-state index contributed by atoms with van der Waals surface area (Å²) >= 11 is 0. The lowest BCUT2D eigenvalue weighted by Gasteiger charge is -2.36. The minimum Gasteiger partial charge on any atom is -0.481 e. The molecular weight excluding hydrogens is 322 g/mol. The molecule has 0 bridgehead atoms. The molecule has 1 aromatic carbocycles. The third-order valence-electron chi connectivity index (χ3n) is 5.76. The Morgan fingerprint density at radius 1 is 1.28 bits per heavy atom. The average Bonchev–Trinajstić information content (AvgIpc) is 3.07. The number of carbonyl (C=O) groups excluding carboxylic acids is 1. The van der Waals surface area contributed by atoms with Crippen molar-refractivity contribution in [3.63, 3.8) is 0 Å². The Hall–Kier alpha value is -2.08. The van der Waals surface area contributed by atoms with Crippen LogP contribution in [-0.2, 0) is 20.9 Å². The molecule has 2 aliphatic rings. The van der Waals surface area contributed by atoms with E-state index >= 15 is 0 Å². The third kappa shape index (κ3) is 3.49. The smallest absolute Gasteiger partial charge is 0.407 e. The molecule has 25 heavy (non-hydrogen) atoms. The number of carbonyl (C=O) groups is 2. The van der Waals surface area contributed by atoms with Gasteiger partial charge in [-0.15, -0.1) is 0 Å². The van der Waals surface area contributed by atoms with Crippen molar-refractivity contribution in [3.05, 3.63) is 35.9 Å². The summed E-state index contributed by atoms with van der Waals surface area (Å²) in [6, 6.07) is 8.88. The van der Waals surface area contributed by atoms with Crippen molar-refractivity contribution >= 4 is 12.1 Å². The van der Waals surface area contributed by atoms with E-state index in [1.54, 1.807) is 0 Å². The number of carboxylic acid groups (broad SMARTS) is 1. The van der Waals surface area contributed by atoms with Crippen molar-refractivity contribution < 1.29 is 24.2 Å². The predicted molar refractivity (Wildman–Crippen MR) is 91.0 cm³/mol. The maximum atomic E-state index is 12.1. The second kappa shape index (κ2) is 6.67. The fraction of sp³-hybridized carbons (Fsp3) is 0.579. The second-order valence-electron chi connectivity index (χ2n) is 7.64. The van der Waals surface area contributed by atoms with Crippen molar-refractivity contribution in [1.82, 2.24) is 5.32 Å². The Bertz CT molecular complexity index is 644. The number of nitrogens with one attached hydrogen (secondary N) is 1. The number of hydrogen-bond donors (Lipinski definition) is 2. The van der Waals surface area contributed by atoms with E-state index in [1.165, 1.54) is 0 Å². The lowest BCUT2D eigenvalue weighted by molar-refractivity contribution is -0.143. The molecule has 0 radical (unpaired) electrons. The first-order chi connectivity index (χ1) is 11.8. The minimum absolute atomic E-state index is 0.106. The SMILES string of the molecule is CC1(C)CCO[C@@]12C[C@H](NC(=O)OCc1ccccc1)[C@@H](C(=O)O)C2. The van der Waals surface area contributed by atoms with Gasteiger partial charge in [0.15, 0.2) is 0 Å². The molecule has 1 aliphatic heterocycles. The predicted octanol–water partition coefficient (Wildman–Crippen LogP) is 2.96. The summed E-state index contributed by atoms with van der Waals surface area (Å²) in [4.78, 5) is 23.8. The molecule has 2 N–H and O–H groups in total. The zero-order valence-corrected chi connectivity index (χ0v) is 14.7. The summed E-state index contributed by atoms with van der Waals surface area (Å²) < 4.78 is 11.2. The number of ether oxygens (including phenoxy) is 2. The van der Waals surface area contributed by atoms with Crippen molar-refractivity contribution in [2.24, 2.45) is 11.3 Å². The van der Waals surface area contributed by atoms with Crippen LogP contribution in [0.2, 0.25) is 0 Å². The number of alkyl carbamates (subject to hydrolysis) is 1. The van der Waals surface area contributed by atoms with Crippen molar-refractivity contribution in [2.45, 2.75) is 51.4 Å². The van der Waals surface area contributed by atoms with Gasteiger partial charge < -0.3 is 19.9 Å². The molecule has 1 spiro atoms. The summed E-state index contributed by atoms with van der Waals surface area (Å²) in [6.07, 6.45) is 1.22.